The Morgan fingerprint density at radius 2 is 2.10 bits per heavy atom. The van der Waals surface area contributed by atoms with Gasteiger partial charge in [0.15, 0.2) is 0 Å². The largest absolute Gasteiger partial charge is 0.493 e. The molecule has 0 saturated carbocycles. The van der Waals surface area contributed by atoms with Crippen molar-refractivity contribution in [2.24, 2.45) is 0 Å². The molecule has 1 aliphatic heterocycles. The molecule has 1 unspecified atom stereocenters. The Bertz CT molecular complexity index is 692. The summed E-state index contributed by atoms with van der Waals surface area (Å²) in [6.45, 7) is 0.639. The topological polar surface area (TPSA) is 21.3 Å². The summed E-state index contributed by atoms with van der Waals surface area (Å²) in [6, 6.07) is 8.36. The summed E-state index contributed by atoms with van der Waals surface area (Å²) in [5.74, 6) is 0.558. The average Bonchev–Trinajstić information content (AvgIpc) is 2.91. The number of hydrogen-bond donors (Lipinski definition) is 1. The van der Waals surface area contributed by atoms with Crippen LogP contribution < -0.4 is 10.1 Å². The molecule has 0 radical (unpaired) electrons. The van der Waals surface area contributed by atoms with Gasteiger partial charge in [0.05, 0.1) is 12.6 Å². The van der Waals surface area contributed by atoms with E-state index in [2.05, 4.69) is 21.2 Å². The van der Waals surface area contributed by atoms with E-state index in [-0.39, 0.29) is 11.9 Å². The monoisotopic (exact) mass is 369 g/mol. The second kappa shape index (κ2) is 5.95. The molecule has 0 spiro atoms. The fourth-order valence-electron chi connectivity index (χ4n) is 2.73. The van der Waals surface area contributed by atoms with Crippen molar-refractivity contribution < 1.29 is 9.13 Å². The van der Waals surface area contributed by atoms with Crippen molar-refractivity contribution in [3.63, 3.8) is 0 Å². The van der Waals surface area contributed by atoms with Crippen molar-refractivity contribution in [2.45, 2.75) is 12.5 Å². The van der Waals surface area contributed by atoms with E-state index >= 15 is 0 Å². The molecule has 21 heavy (non-hydrogen) atoms. The van der Waals surface area contributed by atoms with Crippen LogP contribution in [-0.2, 0) is 6.42 Å². The zero-order chi connectivity index (χ0) is 15.0. The van der Waals surface area contributed by atoms with E-state index < -0.39 is 0 Å². The molecule has 0 amide bonds. The summed E-state index contributed by atoms with van der Waals surface area (Å²) in [4.78, 5) is 0. The van der Waals surface area contributed by atoms with Crippen LogP contribution in [0, 0.1) is 5.82 Å². The highest BCUT2D eigenvalue weighted by molar-refractivity contribution is 9.10. The SMILES string of the molecule is CNC(c1cc(Br)ccc1F)c1cc(Cl)cc2c1OCC2. The van der Waals surface area contributed by atoms with E-state index in [9.17, 15) is 4.39 Å². The van der Waals surface area contributed by atoms with Gasteiger partial charge in [-0.05, 0) is 42.9 Å². The minimum absolute atomic E-state index is 0.260. The van der Waals surface area contributed by atoms with E-state index in [1.165, 1.54) is 6.07 Å². The molecule has 1 aliphatic rings. The number of nitrogens with one attached hydrogen (secondary N) is 1. The minimum Gasteiger partial charge on any atom is -0.493 e. The van der Waals surface area contributed by atoms with Gasteiger partial charge >= 0.3 is 0 Å². The first-order chi connectivity index (χ1) is 10.1. The molecular formula is C16H14BrClFNO. The predicted molar refractivity (Wildman–Crippen MR) is 85.7 cm³/mol. The molecule has 0 fully saturated rings. The first-order valence-corrected chi connectivity index (χ1v) is 7.84. The Morgan fingerprint density at radius 3 is 2.86 bits per heavy atom. The number of ether oxygens (including phenoxy) is 1. The van der Waals surface area contributed by atoms with E-state index in [1.807, 2.05) is 12.1 Å². The third-order valence-corrected chi connectivity index (χ3v) is 4.36. The van der Waals surface area contributed by atoms with Crippen molar-refractivity contribution in [1.29, 1.82) is 0 Å². The minimum atomic E-state index is -0.312. The number of benzene rings is 2. The molecule has 5 heteroatoms. The zero-order valence-corrected chi connectivity index (χ0v) is 13.8. The van der Waals surface area contributed by atoms with Gasteiger partial charge in [0.2, 0.25) is 0 Å². The molecule has 1 atom stereocenters. The number of rotatable bonds is 3. The summed E-state index contributed by atoms with van der Waals surface area (Å²) >= 11 is 9.59. The lowest BCUT2D eigenvalue weighted by Crippen LogP contribution is -2.19. The van der Waals surface area contributed by atoms with Crippen LogP contribution in [0.1, 0.15) is 22.7 Å². The highest BCUT2D eigenvalue weighted by atomic mass is 79.9. The van der Waals surface area contributed by atoms with Crippen LogP contribution in [0.5, 0.6) is 5.75 Å². The number of hydrogen-bond acceptors (Lipinski definition) is 2. The summed E-state index contributed by atoms with van der Waals surface area (Å²) in [5, 5.41) is 3.80. The third-order valence-electron chi connectivity index (χ3n) is 3.65. The van der Waals surface area contributed by atoms with Crippen molar-refractivity contribution in [2.75, 3.05) is 13.7 Å². The first kappa shape index (κ1) is 14.8. The van der Waals surface area contributed by atoms with Gasteiger partial charge in [-0.1, -0.05) is 27.5 Å². The maximum atomic E-state index is 14.2. The molecule has 2 aromatic carbocycles. The van der Waals surface area contributed by atoms with Crippen LogP contribution in [0.15, 0.2) is 34.8 Å². The lowest BCUT2D eigenvalue weighted by atomic mass is 9.95. The fraction of sp³-hybridized carbons (Fsp3) is 0.250. The predicted octanol–water partition coefficient (Wildman–Crippen LogP) is 4.49. The summed E-state index contributed by atoms with van der Waals surface area (Å²) in [6.07, 6.45) is 0.834. The lowest BCUT2D eigenvalue weighted by molar-refractivity contribution is 0.350. The van der Waals surface area contributed by atoms with Gasteiger partial charge in [-0.25, -0.2) is 4.39 Å². The van der Waals surface area contributed by atoms with E-state index in [4.69, 9.17) is 16.3 Å². The van der Waals surface area contributed by atoms with Crippen molar-refractivity contribution >= 4 is 27.5 Å². The number of fused-ring (bicyclic) bond motifs is 1. The second-order valence-corrected chi connectivity index (χ2v) is 6.32. The van der Waals surface area contributed by atoms with Crippen LogP contribution in [-0.4, -0.2) is 13.7 Å². The van der Waals surface area contributed by atoms with Gasteiger partial charge in [-0.2, -0.15) is 0 Å². The van der Waals surface area contributed by atoms with E-state index in [1.54, 1.807) is 19.2 Å². The van der Waals surface area contributed by atoms with Crippen LogP contribution in [0.2, 0.25) is 5.02 Å². The van der Waals surface area contributed by atoms with E-state index in [0.29, 0.717) is 17.2 Å². The van der Waals surface area contributed by atoms with Crippen LogP contribution in [0.4, 0.5) is 4.39 Å². The maximum absolute atomic E-state index is 14.2. The Kier molecular flexibility index (Phi) is 4.20. The molecular weight excluding hydrogens is 357 g/mol. The number of halogens is 3. The maximum Gasteiger partial charge on any atom is 0.128 e. The Labute approximate surface area is 136 Å². The molecule has 0 aliphatic carbocycles. The lowest BCUT2D eigenvalue weighted by Gasteiger charge is -2.21. The fourth-order valence-corrected chi connectivity index (χ4v) is 3.35. The second-order valence-electron chi connectivity index (χ2n) is 4.97. The first-order valence-electron chi connectivity index (χ1n) is 6.67. The van der Waals surface area contributed by atoms with Gasteiger partial charge in [0.1, 0.15) is 11.6 Å². The van der Waals surface area contributed by atoms with Gasteiger partial charge < -0.3 is 10.1 Å². The molecule has 1 N–H and O–H groups in total. The Morgan fingerprint density at radius 1 is 1.29 bits per heavy atom. The van der Waals surface area contributed by atoms with Crippen molar-refractivity contribution in [3.8, 4) is 5.75 Å². The van der Waals surface area contributed by atoms with Gasteiger partial charge in [-0.15, -0.1) is 0 Å². The summed E-state index contributed by atoms with van der Waals surface area (Å²) in [5.41, 5.74) is 2.51. The Balaban J connectivity index is 2.15. The van der Waals surface area contributed by atoms with Gasteiger partial charge in [-0.3, -0.25) is 0 Å². The van der Waals surface area contributed by atoms with Crippen molar-refractivity contribution in [3.05, 3.63) is 62.3 Å². The summed E-state index contributed by atoms with van der Waals surface area (Å²) < 4.78 is 20.8. The van der Waals surface area contributed by atoms with Crippen LogP contribution >= 0.6 is 27.5 Å². The third kappa shape index (κ3) is 2.80. The molecule has 0 saturated heterocycles. The quantitative estimate of drug-likeness (QED) is 0.860. The molecule has 1 heterocycles. The smallest absolute Gasteiger partial charge is 0.128 e. The average molecular weight is 371 g/mol. The van der Waals surface area contributed by atoms with Crippen LogP contribution in [0.25, 0.3) is 0 Å². The van der Waals surface area contributed by atoms with Crippen molar-refractivity contribution in [1.82, 2.24) is 5.32 Å². The zero-order valence-electron chi connectivity index (χ0n) is 11.4. The molecule has 0 aromatic heterocycles. The molecule has 2 nitrogen and oxygen atoms in total. The highest BCUT2D eigenvalue weighted by Gasteiger charge is 2.25. The van der Waals surface area contributed by atoms with Gasteiger partial charge in [0, 0.05) is 27.0 Å². The molecule has 2 aromatic rings. The van der Waals surface area contributed by atoms with Crippen LogP contribution in [0.3, 0.4) is 0 Å². The molecule has 3 rings (SSSR count). The van der Waals surface area contributed by atoms with E-state index in [0.717, 1.165) is 27.8 Å². The van der Waals surface area contributed by atoms with Gasteiger partial charge in [0.25, 0.3) is 0 Å². The normalized spacial score (nSPS) is 14.7. The Hall–Kier alpha value is -1.10. The highest BCUT2D eigenvalue weighted by Crippen LogP contribution is 2.39. The summed E-state index contributed by atoms with van der Waals surface area (Å²) in [7, 11) is 1.80. The molecule has 0 bridgehead atoms. The molecule has 110 valence electrons. The standard InChI is InChI=1S/C16H14BrClFNO/c1-20-15(12-7-10(17)2-3-14(12)19)13-8-11(18)6-9-4-5-21-16(9)13/h2-3,6-8,15,20H,4-5H2,1H3.